The lowest BCUT2D eigenvalue weighted by molar-refractivity contribution is 0.316. The molecule has 0 unspecified atom stereocenters. The van der Waals surface area contributed by atoms with Crippen molar-refractivity contribution in [3.8, 4) is 0 Å². The first-order valence-electron chi connectivity index (χ1n) is 4.96. The van der Waals surface area contributed by atoms with Gasteiger partial charge < -0.3 is 4.90 Å². The van der Waals surface area contributed by atoms with Crippen molar-refractivity contribution >= 4 is 0 Å². The van der Waals surface area contributed by atoms with Gasteiger partial charge >= 0.3 is 0 Å². The smallest absolute Gasteiger partial charge is 0.00128 e. The Labute approximate surface area is 77.5 Å². The van der Waals surface area contributed by atoms with E-state index in [-0.39, 0.29) is 0 Å². The van der Waals surface area contributed by atoms with Crippen LogP contribution < -0.4 is 0 Å². The van der Waals surface area contributed by atoms with Crippen molar-refractivity contribution < 1.29 is 0 Å². The van der Waals surface area contributed by atoms with Gasteiger partial charge in [0.15, 0.2) is 0 Å². The van der Waals surface area contributed by atoms with Gasteiger partial charge in [-0.2, -0.15) is 0 Å². The molecule has 0 saturated carbocycles. The number of hydrogen-bond donors (Lipinski definition) is 0. The lowest BCUT2D eigenvalue weighted by Gasteiger charge is -2.16. The SMILES string of the molecule is CC=CCCN(C)CCC(C)C. The van der Waals surface area contributed by atoms with Crippen LogP contribution in [0.15, 0.2) is 12.2 Å². The largest absolute Gasteiger partial charge is 0.306 e. The van der Waals surface area contributed by atoms with Crippen LogP contribution >= 0.6 is 0 Å². The van der Waals surface area contributed by atoms with E-state index in [0.29, 0.717) is 0 Å². The summed E-state index contributed by atoms with van der Waals surface area (Å²) in [4.78, 5) is 2.40. The monoisotopic (exact) mass is 169 g/mol. The Kier molecular flexibility index (Phi) is 7.17. The first kappa shape index (κ1) is 11.7. The fourth-order valence-corrected chi connectivity index (χ4v) is 1.05. The molecule has 0 atom stereocenters. The Morgan fingerprint density at radius 1 is 1.25 bits per heavy atom. The van der Waals surface area contributed by atoms with E-state index in [2.05, 4.69) is 44.9 Å². The van der Waals surface area contributed by atoms with Crippen LogP contribution in [-0.4, -0.2) is 25.0 Å². The van der Waals surface area contributed by atoms with Crippen molar-refractivity contribution in [3.63, 3.8) is 0 Å². The van der Waals surface area contributed by atoms with E-state index in [0.717, 1.165) is 5.92 Å². The Hall–Kier alpha value is -0.300. The van der Waals surface area contributed by atoms with Gasteiger partial charge in [0.05, 0.1) is 0 Å². The van der Waals surface area contributed by atoms with Crippen LogP contribution in [0.4, 0.5) is 0 Å². The third-order valence-corrected chi connectivity index (χ3v) is 2.00. The number of allylic oxidation sites excluding steroid dienone is 1. The summed E-state index contributed by atoms with van der Waals surface area (Å²) in [6.07, 6.45) is 6.85. The second kappa shape index (κ2) is 7.35. The molecule has 0 fully saturated rings. The molecule has 0 aromatic carbocycles. The van der Waals surface area contributed by atoms with Crippen LogP contribution in [0.5, 0.6) is 0 Å². The molecule has 0 saturated heterocycles. The number of rotatable bonds is 6. The molecule has 1 heteroatoms. The summed E-state index contributed by atoms with van der Waals surface area (Å²) in [5.41, 5.74) is 0. The Bertz CT molecular complexity index is 116. The molecule has 1 nitrogen and oxygen atoms in total. The molecule has 12 heavy (non-hydrogen) atoms. The van der Waals surface area contributed by atoms with E-state index < -0.39 is 0 Å². The molecule has 0 heterocycles. The fourth-order valence-electron chi connectivity index (χ4n) is 1.05. The standard InChI is InChI=1S/C11H23N/c1-5-6-7-9-12(4)10-8-11(2)3/h5-6,11H,7-10H2,1-4H3. The van der Waals surface area contributed by atoms with E-state index in [1.54, 1.807) is 0 Å². The van der Waals surface area contributed by atoms with Crippen molar-refractivity contribution in [2.24, 2.45) is 5.92 Å². The molecule has 0 rings (SSSR count). The van der Waals surface area contributed by atoms with Crippen LogP contribution in [-0.2, 0) is 0 Å². The molecular weight excluding hydrogens is 146 g/mol. The third-order valence-electron chi connectivity index (χ3n) is 2.00. The van der Waals surface area contributed by atoms with E-state index in [1.165, 1.54) is 25.9 Å². The van der Waals surface area contributed by atoms with Crippen molar-refractivity contribution in [2.75, 3.05) is 20.1 Å². The second-order valence-electron chi connectivity index (χ2n) is 3.84. The summed E-state index contributed by atoms with van der Waals surface area (Å²) in [5.74, 6) is 0.828. The lowest BCUT2D eigenvalue weighted by atomic mass is 10.1. The normalized spacial score (nSPS) is 12.2. The van der Waals surface area contributed by atoms with Crippen LogP contribution in [0.1, 0.15) is 33.6 Å². The van der Waals surface area contributed by atoms with Gasteiger partial charge in [0, 0.05) is 6.54 Å². The Morgan fingerprint density at radius 2 is 1.92 bits per heavy atom. The summed E-state index contributed by atoms with van der Waals surface area (Å²) in [5, 5.41) is 0. The van der Waals surface area contributed by atoms with E-state index in [1.807, 2.05) is 0 Å². The zero-order chi connectivity index (χ0) is 9.40. The molecule has 0 aromatic rings. The molecule has 0 radical (unpaired) electrons. The summed E-state index contributed by atoms with van der Waals surface area (Å²) >= 11 is 0. The molecule has 0 aliphatic heterocycles. The summed E-state index contributed by atoms with van der Waals surface area (Å²) < 4.78 is 0. The van der Waals surface area contributed by atoms with Crippen LogP contribution in [0.3, 0.4) is 0 Å². The highest BCUT2D eigenvalue weighted by molar-refractivity contribution is 4.77. The van der Waals surface area contributed by atoms with Crippen LogP contribution in [0.2, 0.25) is 0 Å². The average molecular weight is 169 g/mol. The van der Waals surface area contributed by atoms with E-state index in [9.17, 15) is 0 Å². The highest BCUT2D eigenvalue weighted by Crippen LogP contribution is 2.00. The summed E-state index contributed by atoms with van der Waals surface area (Å²) in [6.45, 7) is 9.06. The minimum absolute atomic E-state index is 0.828. The maximum Gasteiger partial charge on any atom is 0.00128 e. The van der Waals surface area contributed by atoms with Crippen molar-refractivity contribution in [1.29, 1.82) is 0 Å². The molecule has 0 spiro atoms. The van der Waals surface area contributed by atoms with Gasteiger partial charge in [-0.05, 0) is 39.3 Å². The number of nitrogens with zero attached hydrogens (tertiary/aromatic N) is 1. The van der Waals surface area contributed by atoms with Gasteiger partial charge in [-0.3, -0.25) is 0 Å². The topological polar surface area (TPSA) is 3.24 Å². The Morgan fingerprint density at radius 3 is 2.42 bits per heavy atom. The maximum atomic E-state index is 2.40. The fraction of sp³-hybridized carbons (Fsp3) is 0.818. The average Bonchev–Trinajstić information content (AvgIpc) is 2.01. The summed E-state index contributed by atoms with van der Waals surface area (Å²) in [6, 6.07) is 0. The van der Waals surface area contributed by atoms with Gasteiger partial charge in [0.2, 0.25) is 0 Å². The molecular formula is C11H23N. The molecule has 0 bridgehead atoms. The summed E-state index contributed by atoms with van der Waals surface area (Å²) in [7, 11) is 2.20. The van der Waals surface area contributed by atoms with Crippen LogP contribution in [0.25, 0.3) is 0 Å². The first-order valence-corrected chi connectivity index (χ1v) is 4.96. The maximum absolute atomic E-state index is 2.40. The quantitative estimate of drug-likeness (QED) is 0.553. The molecule has 0 aromatic heterocycles. The second-order valence-corrected chi connectivity index (χ2v) is 3.84. The zero-order valence-electron chi connectivity index (χ0n) is 9.01. The minimum atomic E-state index is 0.828. The van der Waals surface area contributed by atoms with Gasteiger partial charge in [-0.1, -0.05) is 26.0 Å². The first-order chi connectivity index (χ1) is 5.66. The van der Waals surface area contributed by atoms with E-state index in [4.69, 9.17) is 0 Å². The number of hydrogen-bond acceptors (Lipinski definition) is 1. The Balaban J connectivity index is 3.27. The van der Waals surface area contributed by atoms with Gasteiger partial charge in [-0.25, -0.2) is 0 Å². The van der Waals surface area contributed by atoms with Crippen molar-refractivity contribution in [1.82, 2.24) is 4.90 Å². The third kappa shape index (κ3) is 7.80. The molecule has 0 amide bonds. The zero-order valence-corrected chi connectivity index (χ0v) is 9.01. The van der Waals surface area contributed by atoms with Crippen LogP contribution in [0, 0.1) is 5.92 Å². The van der Waals surface area contributed by atoms with Gasteiger partial charge in [-0.15, -0.1) is 0 Å². The molecule has 0 aliphatic carbocycles. The minimum Gasteiger partial charge on any atom is -0.306 e. The molecule has 0 aliphatic rings. The predicted molar refractivity (Wildman–Crippen MR) is 56.4 cm³/mol. The molecule has 0 N–H and O–H groups in total. The van der Waals surface area contributed by atoms with Gasteiger partial charge in [0.1, 0.15) is 0 Å². The highest BCUT2D eigenvalue weighted by Gasteiger charge is 1.98. The van der Waals surface area contributed by atoms with Crippen molar-refractivity contribution in [3.05, 3.63) is 12.2 Å². The molecule has 72 valence electrons. The van der Waals surface area contributed by atoms with Gasteiger partial charge in [0.25, 0.3) is 0 Å². The van der Waals surface area contributed by atoms with Crippen molar-refractivity contribution in [2.45, 2.75) is 33.6 Å². The highest BCUT2D eigenvalue weighted by atomic mass is 15.1. The predicted octanol–water partition coefficient (Wildman–Crippen LogP) is 2.93. The van der Waals surface area contributed by atoms with E-state index >= 15 is 0 Å². The lowest BCUT2D eigenvalue weighted by Crippen LogP contribution is -2.21.